The lowest BCUT2D eigenvalue weighted by Crippen LogP contribution is -2.34. The average Bonchev–Trinajstić information content (AvgIpc) is 2.60. The fraction of sp³-hybridized carbons (Fsp3) is 0.381. The lowest BCUT2D eigenvalue weighted by Gasteiger charge is -2.18. The molecule has 0 aliphatic carbocycles. The highest BCUT2D eigenvalue weighted by molar-refractivity contribution is 5.78. The fourth-order valence-electron chi connectivity index (χ4n) is 3.11. The molecule has 0 saturated heterocycles. The van der Waals surface area contributed by atoms with Crippen LogP contribution in [0.5, 0.6) is 11.5 Å². The van der Waals surface area contributed by atoms with Crippen molar-refractivity contribution in [3.63, 3.8) is 0 Å². The van der Waals surface area contributed by atoms with E-state index in [0.29, 0.717) is 13.1 Å². The molecule has 0 aromatic heterocycles. The molecule has 0 spiro atoms. The van der Waals surface area contributed by atoms with Gasteiger partial charge in [-0.25, -0.2) is 0 Å². The molecule has 2 aromatic carbocycles. The number of halogens is 2. The molecule has 28 heavy (non-hydrogen) atoms. The normalized spacial score (nSPS) is 11.0. The summed E-state index contributed by atoms with van der Waals surface area (Å²) in [6.45, 7) is 2.36. The molecular weight excluding hydrogens is 366 g/mol. The number of rotatable bonds is 9. The van der Waals surface area contributed by atoms with E-state index < -0.39 is 6.61 Å². The van der Waals surface area contributed by atoms with Gasteiger partial charge >= 0.3 is 6.61 Å². The van der Waals surface area contributed by atoms with Gasteiger partial charge in [0, 0.05) is 13.1 Å². The molecule has 0 bridgehead atoms. The summed E-state index contributed by atoms with van der Waals surface area (Å²) in [4.78, 5) is 14.1. The number of nitrogens with zero attached hydrogens (tertiary/aromatic N) is 1. The third-order valence-corrected chi connectivity index (χ3v) is 4.23. The zero-order chi connectivity index (χ0) is 20.7. The molecule has 0 saturated carbocycles. The molecule has 1 amide bonds. The topological polar surface area (TPSA) is 50.8 Å². The first-order valence-electron chi connectivity index (χ1n) is 8.91. The molecule has 5 nitrogen and oxygen atoms in total. The number of carbonyl (C=O) groups excluding carboxylic acids is 1. The van der Waals surface area contributed by atoms with Gasteiger partial charge < -0.3 is 14.8 Å². The zero-order valence-corrected chi connectivity index (χ0v) is 16.6. The van der Waals surface area contributed by atoms with Crippen LogP contribution in [0.2, 0.25) is 0 Å². The number of nitrogens with one attached hydrogen (secondary N) is 1. The average molecular weight is 392 g/mol. The van der Waals surface area contributed by atoms with Crippen molar-refractivity contribution in [1.29, 1.82) is 0 Å². The zero-order valence-electron chi connectivity index (χ0n) is 16.6. The Morgan fingerprint density at radius 2 is 1.71 bits per heavy atom. The van der Waals surface area contributed by atoms with Gasteiger partial charge in [-0.3, -0.25) is 9.69 Å². The number of amides is 1. The van der Waals surface area contributed by atoms with Crippen molar-refractivity contribution in [2.75, 3.05) is 20.7 Å². The fourth-order valence-corrected chi connectivity index (χ4v) is 3.11. The maximum atomic E-state index is 12.2. The van der Waals surface area contributed by atoms with E-state index in [-0.39, 0.29) is 18.2 Å². The molecule has 2 rings (SSSR count). The lowest BCUT2D eigenvalue weighted by molar-refractivity contribution is -0.122. The number of aryl methyl sites for hydroxylation is 2. The Morgan fingerprint density at radius 1 is 1.11 bits per heavy atom. The predicted molar refractivity (Wildman–Crippen MR) is 104 cm³/mol. The molecule has 7 heteroatoms. The minimum atomic E-state index is -2.85. The Balaban J connectivity index is 1.82. The van der Waals surface area contributed by atoms with Crippen molar-refractivity contribution in [1.82, 2.24) is 10.2 Å². The molecule has 0 aliphatic heterocycles. The minimum absolute atomic E-state index is 0.0925. The summed E-state index contributed by atoms with van der Waals surface area (Å²) in [5.74, 6) is 0.862. The highest BCUT2D eigenvalue weighted by Crippen LogP contribution is 2.24. The number of benzene rings is 2. The van der Waals surface area contributed by atoms with E-state index in [1.165, 1.54) is 12.1 Å². The van der Waals surface area contributed by atoms with E-state index in [2.05, 4.69) is 22.2 Å². The molecule has 0 fully saturated rings. The maximum absolute atomic E-state index is 12.2. The smallest absolute Gasteiger partial charge is 0.387 e. The first-order chi connectivity index (χ1) is 13.3. The SMILES string of the molecule is COc1c(C)cc(CN(C)CC(=O)NCc2ccc(OC(F)F)cc2)cc1C. The Kier molecular flexibility index (Phi) is 7.75. The summed E-state index contributed by atoms with van der Waals surface area (Å²) in [5, 5.41) is 2.83. The van der Waals surface area contributed by atoms with Gasteiger partial charge in [-0.05, 0) is 55.3 Å². The molecule has 0 heterocycles. The largest absolute Gasteiger partial charge is 0.496 e. The number of hydrogen-bond donors (Lipinski definition) is 1. The molecule has 0 atom stereocenters. The van der Waals surface area contributed by atoms with Crippen molar-refractivity contribution < 1.29 is 23.0 Å². The molecular formula is C21H26F2N2O3. The van der Waals surface area contributed by atoms with Crippen molar-refractivity contribution in [3.05, 3.63) is 58.7 Å². The Morgan fingerprint density at radius 3 is 2.25 bits per heavy atom. The van der Waals surface area contributed by atoms with Crippen LogP contribution in [0.4, 0.5) is 8.78 Å². The Bertz CT molecular complexity index is 772. The molecule has 2 aromatic rings. The number of hydrogen-bond acceptors (Lipinski definition) is 4. The first kappa shape index (κ1) is 21.6. The van der Waals surface area contributed by atoms with Crippen LogP contribution in [0.1, 0.15) is 22.3 Å². The van der Waals surface area contributed by atoms with Gasteiger partial charge in [0.2, 0.25) is 5.91 Å². The monoisotopic (exact) mass is 392 g/mol. The van der Waals surface area contributed by atoms with Gasteiger partial charge in [-0.1, -0.05) is 24.3 Å². The summed E-state index contributed by atoms with van der Waals surface area (Å²) in [7, 11) is 3.54. The van der Waals surface area contributed by atoms with Gasteiger partial charge in [-0.15, -0.1) is 0 Å². The second kappa shape index (κ2) is 10.0. The van der Waals surface area contributed by atoms with Crippen molar-refractivity contribution in [3.8, 4) is 11.5 Å². The molecule has 0 aliphatic rings. The van der Waals surface area contributed by atoms with Crippen LogP contribution in [0.15, 0.2) is 36.4 Å². The van der Waals surface area contributed by atoms with Gasteiger partial charge in [0.15, 0.2) is 0 Å². The molecule has 152 valence electrons. The minimum Gasteiger partial charge on any atom is -0.496 e. The van der Waals surface area contributed by atoms with Crippen LogP contribution in [0.25, 0.3) is 0 Å². The second-order valence-electron chi connectivity index (χ2n) is 6.73. The van der Waals surface area contributed by atoms with Crippen LogP contribution in [-0.2, 0) is 17.9 Å². The van der Waals surface area contributed by atoms with E-state index in [9.17, 15) is 13.6 Å². The van der Waals surface area contributed by atoms with Crippen LogP contribution < -0.4 is 14.8 Å². The van der Waals surface area contributed by atoms with Crippen molar-refractivity contribution in [2.45, 2.75) is 33.5 Å². The summed E-state index contributed by atoms with van der Waals surface area (Å²) < 4.78 is 34.0. The summed E-state index contributed by atoms with van der Waals surface area (Å²) in [6.07, 6.45) is 0. The van der Waals surface area contributed by atoms with E-state index in [4.69, 9.17) is 4.74 Å². The second-order valence-corrected chi connectivity index (χ2v) is 6.73. The van der Waals surface area contributed by atoms with Gasteiger partial charge in [-0.2, -0.15) is 8.78 Å². The van der Waals surface area contributed by atoms with Crippen LogP contribution in [0.3, 0.4) is 0 Å². The lowest BCUT2D eigenvalue weighted by atomic mass is 10.1. The standard InChI is InChI=1S/C21H26F2N2O3/c1-14-9-17(10-15(2)20(14)27-4)12-25(3)13-19(26)24-11-16-5-7-18(8-6-16)28-21(22)23/h5-10,21H,11-13H2,1-4H3,(H,24,26). The number of ether oxygens (including phenoxy) is 2. The summed E-state index contributed by atoms with van der Waals surface area (Å²) >= 11 is 0. The highest BCUT2D eigenvalue weighted by Gasteiger charge is 2.10. The third kappa shape index (κ3) is 6.49. The molecule has 0 unspecified atom stereocenters. The number of methoxy groups -OCH3 is 1. The summed E-state index contributed by atoms with van der Waals surface area (Å²) in [6, 6.07) is 10.3. The third-order valence-electron chi connectivity index (χ3n) is 4.23. The highest BCUT2D eigenvalue weighted by atomic mass is 19.3. The Labute approximate surface area is 164 Å². The van der Waals surface area contributed by atoms with Gasteiger partial charge in [0.05, 0.1) is 13.7 Å². The van der Waals surface area contributed by atoms with E-state index in [0.717, 1.165) is 28.0 Å². The molecule has 0 radical (unpaired) electrons. The van der Waals surface area contributed by atoms with Gasteiger partial charge in [0.1, 0.15) is 11.5 Å². The van der Waals surface area contributed by atoms with E-state index >= 15 is 0 Å². The maximum Gasteiger partial charge on any atom is 0.387 e. The van der Waals surface area contributed by atoms with Crippen molar-refractivity contribution >= 4 is 5.91 Å². The quantitative estimate of drug-likeness (QED) is 0.708. The van der Waals surface area contributed by atoms with Crippen LogP contribution in [-0.4, -0.2) is 38.1 Å². The van der Waals surface area contributed by atoms with Crippen LogP contribution in [0, 0.1) is 13.8 Å². The van der Waals surface area contributed by atoms with E-state index in [1.807, 2.05) is 25.8 Å². The van der Waals surface area contributed by atoms with Gasteiger partial charge in [0.25, 0.3) is 0 Å². The van der Waals surface area contributed by atoms with Crippen LogP contribution >= 0.6 is 0 Å². The first-order valence-corrected chi connectivity index (χ1v) is 8.91. The number of alkyl halides is 2. The molecule has 1 N–H and O–H groups in total. The number of carbonyl (C=O) groups is 1. The number of likely N-dealkylation sites (N-methyl/N-ethyl adjacent to an activating group) is 1. The summed E-state index contributed by atoms with van der Waals surface area (Å²) in [5.41, 5.74) is 4.05. The van der Waals surface area contributed by atoms with Crippen molar-refractivity contribution in [2.24, 2.45) is 0 Å². The Hall–Kier alpha value is -2.67. The van der Waals surface area contributed by atoms with E-state index in [1.54, 1.807) is 19.2 Å². The predicted octanol–water partition coefficient (Wildman–Crippen LogP) is 3.66.